The molecular formula is C18H19N5O3. The number of rotatable bonds is 3. The Bertz CT molecular complexity index is 942. The highest BCUT2D eigenvalue weighted by molar-refractivity contribution is 5.92. The van der Waals surface area contributed by atoms with Crippen LogP contribution in [-0.2, 0) is 0 Å². The third-order valence-electron chi connectivity index (χ3n) is 4.64. The van der Waals surface area contributed by atoms with Gasteiger partial charge in [0.15, 0.2) is 0 Å². The van der Waals surface area contributed by atoms with Crippen LogP contribution in [0.5, 0.6) is 0 Å². The summed E-state index contributed by atoms with van der Waals surface area (Å²) in [7, 11) is 0. The van der Waals surface area contributed by atoms with E-state index < -0.39 is 0 Å². The first kappa shape index (κ1) is 16.4. The molecule has 1 amide bonds. The average molecular weight is 353 g/mol. The second-order valence-corrected chi connectivity index (χ2v) is 6.52. The van der Waals surface area contributed by atoms with E-state index in [1.54, 1.807) is 30.3 Å². The molecule has 0 N–H and O–H groups in total. The van der Waals surface area contributed by atoms with Crippen molar-refractivity contribution in [2.24, 2.45) is 0 Å². The van der Waals surface area contributed by atoms with Crippen molar-refractivity contribution in [3.63, 3.8) is 0 Å². The number of likely N-dealkylation sites (tertiary alicyclic amines) is 1. The first-order valence-electron chi connectivity index (χ1n) is 8.54. The van der Waals surface area contributed by atoms with Crippen LogP contribution in [0.1, 0.15) is 52.3 Å². The zero-order chi connectivity index (χ0) is 18.3. The molecule has 134 valence electrons. The topological polar surface area (TPSA) is 98.2 Å². The van der Waals surface area contributed by atoms with E-state index >= 15 is 0 Å². The molecule has 4 heterocycles. The van der Waals surface area contributed by atoms with E-state index in [0.717, 1.165) is 29.8 Å². The summed E-state index contributed by atoms with van der Waals surface area (Å²) in [5.74, 6) is 0.785. The maximum Gasteiger partial charge on any atom is 0.293 e. The van der Waals surface area contributed by atoms with Gasteiger partial charge in [-0.2, -0.15) is 0 Å². The molecule has 0 bridgehead atoms. The van der Waals surface area contributed by atoms with Gasteiger partial charge in [0, 0.05) is 12.6 Å². The summed E-state index contributed by atoms with van der Waals surface area (Å²) in [6.45, 7) is 6.17. The van der Waals surface area contributed by atoms with Crippen LogP contribution in [0.3, 0.4) is 0 Å². The second-order valence-electron chi connectivity index (χ2n) is 6.52. The Morgan fingerprint density at radius 3 is 2.73 bits per heavy atom. The zero-order valence-corrected chi connectivity index (χ0v) is 14.9. The van der Waals surface area contributed by atoms with E-state index in [9.17, 15) is 4.79 Å². The fourth-order valence-corrected chi connectivity index (χ4v) is 3.43. The lowest BCUT2D eigenvalue weighted by atomic mass is 10.1. The van der Waals surface area contributed by atoms with Crippen molar-refractivity contribution in [3.8, 4) is 11.3 Å². The van der Waals surface area contributed by atoms with Gasteiger partial charge in [0.25, 0.3) is 5.91 Å². The number of aryl methyl sites for hydroxylation is 3. The number of aromatic nitrogens is 4. The molecule has 1 fully saturated rings. The van der Waals surface area contributed by atoms with Crippen LogP contribution in [0, 0.1) is 20.8 Å². The summed E-state index contributed by atoms with van der Waals surface area (Å²) in [5, 5.41) is 7.78. The standard InChI is InChI=1S/C18H19N5O3/c1-10-7-16(26-21-10)18(24)23-6-4-5-15(23)13-8-19-9-14(20-13)17-11(2)22-25-12(17)3/h7-9,15H,4-6H2,1-3H3/t15-/m1/s1. The summed E-state index contributed by atoms with van der Waals surface area (Å²) in [4.78, 5) is 23.6. The fraction of sp³-hybridized carbons (Fsp3) is 0.389. The normalized spacial score (nSPS) is 17.0. The van der Waals surface area contributed by atoms with Gasteiger partial charge in [-0.25, -0.2) is 4.98 Å². The summed E-state index contributed by atoms with van der Waals surface area (Å²) in [6, 6.07) is 1.52. The molecule has 8 heteroatoms. The monoisotopic (exact) mass is 353 g/mol. The van der Waals surface area contributed by atoms with Crippen LogP contribution >= 0.6 is 0 Å². The first-order valence-corrected chi connectivity index (χ1v) is 8.54. The molecule has 3 aromatic heterocycles. The Balaban J connectivity index is 1.66. The van der Waals surface area contributed by atoms with Crippen molar-refractivity contribution >= 4 is 5.91 Å². The number of hydrogen-bond donors (Lipinski definition) is 0. The molecule has 8 nitrogen and oxygen atoms in total. The number of carbonyl (C=O) groups is 1. The maximum atomic E-state index is 12.8. The number of carbonyl (C=O) groups excluding carboxylic acids is 1. The Morgan fingerprint density at radius 2 is 2.04 bits per heavy atom. The molecule has 26 heavy (non-hydrogen) atoms. The van der Waals surface area contributed by atoms with Crippen molar-refractivity contribution in [1.29, 1.82) is 0 Å². The van der Waals surface area contributed by atoms with Gasteiger partial charge in [-0.3, -0.25) is 9.78 Å². The lowest BCUT2D eigenvalue weighted by Gasteiger charge is -2.23. The van der Waals surface area contributed by atoms with E-state index in [1.807, 2.05) is 13.8 Å². The Morgan fingerprint density at radius 1 is 1.19 bits per heavy atom. The number of amides is 1. The highest BCUT2D eigenvalue weighted by atomic mass is 16.5. The lowest BCUT2D eigenvalue weighted by Crippen LogP contribution is -2.30. The highest BCUT2D eigenvalue weighted by Gasteiger charge is 2.33. The van der Waals surface area contributed by atoms with Gasteiger partial charge >= 0.3 is 0 Å². The van der Waals surface area contributed by atoms with Crippen molar-refractivity contribution in [2.45, 2.75) is 39.7 Å². The lowest BCUT2D eigenvalue weighted by molar-refractivity contribution is 0.0690. The minimum Gasteiger partial charge on any atom is -0.361 e. The van der Waals surface area contributed by atoms with E-state index in [-0.39, 0.29) is 17.7 Å². The Kier molecular flexibility index (Phi) is 4.02. The van der Waals surface area contributed by atoms with Crippen LogP contribution in [0.2, 0.25) is 0 Å². The van der Waals surface area contributed by atoms with Crippen LogP contribution < -0.4 is 0 Å². The minimum absolute atomic E-state index is 0.138. The van der Waals surface area contributed by atoms with Crippen molar-refractivity contribution in [2.75, 3.05) is 6.54 Å². The number of hydrogen-bond acceptors (Lipinski definition) is 7. The maximum absolute atomic E-state index is 12.8. The van der Waals surface area contributed by atoms with Gasteiger partial charge in [-0.05, 0) is 33.6 Å². The van der Waals surface area contributed by atoms with Gasteiger partial charge in [-0.1, -0.05) is 10.3 Å². The second kappa shape index (κ2) is 6.36. The van der Waals surface area contributed by atoms with E-state index in [2.05, 4.69) is 15.3 Å². The van der Waals surface area contributed by atoms with Crippen LogP contribution in [-0.4, -0.2) is 37.6 Å². The van der Waals surface area contributed by atoms with Crippen LogP contribution in [0.15, 0.2) is 27.5 Å². The molecule has 1 atom stereocenters. The predicted molar refractivity (Wildman–Crippen MR) is 91.3 cm³/mol. The van der Waals surface area contributed by atoms with E-state index in [1.165, 1.54) is 0 Å². The highest BCUT2D eigenvalue weighted by Crippen LogP contribution is 2.33. The van der Waals surface area contributed by atoms with Gasteiger partial charge in [-0.15, -0.1) is 0 Å². The Labute approximate surface area is 150 Å². The molecule has 1 aliphatic heterocycles. The van der Waals surface area contributed by atoms with Crippen LogP contribution in [0.4, 0.5) is 0 Å². The molecule has 0 aliphatic carbocycles. The smallest absolute Gasteiger partial charge is 0.293 e. The summed E-state index contributed by atoms with van der Waals surface area (Å²) in [5.41, 5.74) is 3.76. The average Bonchev–Trinajstić information content (AvgIpc) is 3.35. The summed E-state index contributed by atoms with van der Waals surface area (Å²) >= 11 is 0. The molecule has 0 unspecified atom stereocenters. The first-order chi connectivity index (χ1) is 12.5. The molecule has 1 saturated heterocycles. The third kappa shape index (κ3) is 2.77. The van der Waals surface area contributed by atoms with Crippen molar-refractivity contribution in [3.05, 3.63) is 47.1 Å². The quantitative estimate of drug-likeness (QED) is 0.713. The number of nitrogens with zero attached hydrogens (tertiary/aromatic N) is 5. The van der Waals surface area contributed by atoms with Crippen molar-refractivity contribution in [1.82, 2.24) is 25.2 Å². The Hall–Kier alpha value is -3.03. The summed E-state index contributed by atoms with van der Waals surface area (Å²) in [6.07, 6.45) is 5.14. The molecule has 0 aromatic carbocycles. The largest absolute Gasteiger partial charge is 0.361 e. The molecule has 1 aliphatic rings. The van der Waals surface area contributed by atoms with E-state index in [0.29, 0.717) is 23.7 Å². The van der Waals surface area contributed by atoms with Crippen molar-refractivity contribution < 1.29 is 13.8 Å². The van der Waals surface area contributed by atoms with Gasteiger partial charge in [0.05, 0.1) is 46.8 Å². The van der Waals surface area contributed by atoms with Gasteiger partial charge in [0.1, 0.15) is 5.76 Å². The van der Waals surface area contributed by atoms with Gasteiger partial charge < -0.3 is 13.9 Å². The third-order valence-corrected chi connectivity index (χ3v) is 4.64. The molecule has 0 spiro atoms. The predicted octanol–water partition coefficient (Wildman–Crippen LogP) is 3.02. The SMILES string of the molecule is Cc1cc(C(=O)N2CCC[C@@H]2c2cncc(-c3c(C)noc3C)n2)on1. The molecular weight excluding hydrogens is 334 g/mol. The van der Waals surface area contributed by atoms with E-state index in [4.69, 9.17) is 14.0 Å². The molecule has 4 rings (SSSR count). The zero-order valence-electron chi connectivity index (χ0n) is 14.9. The fourth-order valence-electron chi connectivity index (χ4n) is 3.43. The van der Waals surface area contributed by atoms with Crippen LogP contribution in [0.25, 0.3) is 11.3 Å². The minimum atomic E-state index is -0.169. The molecule has 0 saturated carbocycles. The molecule has 3 aromatic rings. The van der Waals surface area contributed by atoms with Gasteiger partial charge in [0.2, 0.25) is 5.76 Å². The molecule has 0 radical (unpaired) electrons. The summed E-state index contributed by atoms with van der Waals surface area (Å²) < 4.78 is 10.4.